The van der Waals surface area contributed by atoms with Gasteiger partial charge in [-0.1, -0.05) is 45.0 Å². The fourth-order valence-electron chi connectivity index (χ4n) is 13.3. The molecule has 3 aliphatic heterocycles. The van der Waals surface area contributed by atoms with E-state index in [0.717, 1.165) is 99.5 Å². The maximum atomic E-state index is 12.1. The molecule has 6 nitrogen and oxygen atoms in total. The van der Waals surface area contributed by atoms with Crippen LogP contribution in [-0.4, -0.2) is 67.8 Å². The molecule has 16 atom stereocenters. The maximum Gasteiger partial charge on any atom is 0.0952 e. The molecule has 4 heterocycles. The van der Waals surface area contributed by atoms with Crippen molar-refractivity contribution in [1.29, 1.82) is 0 Å². The predicted octanol–water partition coefficient (Wildman–Crippen LogP) is 6.69. The molecule has 1 unspecified atom stereocenters. The minimum atomic E-state index is -0.543. The number of aryl methyl sites for hydroxylation is 1. The van der Waals surface area contributed by atoms with E-state index in [1.807, 2.05) is 6.07 Å². The predicted molar refractivity (Wildman–Crippen MR) is 190 cm³/mol. The van der Waals surface area contributed by atoms with E-state index in [4.69, 9.17) is 4.98 Å². The molecule has 0 amide bonds. The molecule has 9 rings (SSSR count). The molecule has 7 aliphatic rings. The van der Waals surface area contributed by atoms with Crippen molar-refractivity contribution in [2.24, 2.45) is 58.2 Å². The van der Waals surface area contributed by atoms with Gasteiger partial charge in [-0.3, -0.25) is 9.88 Å². The molecule has 1 aromatic heterocycles. The molecule has 6 heteroatoms. The Kier molecular flexibility index (Phi) is 8.64. The van der Waals surface area contributed by atoms with E-state index in [-0.39, 0.29) is 41.1 Å². The minimum absolute atomic E-state index is 0.0979. The fourth-order valence-corrected chi connectivity index (χ4v) is 13.3. The summed E-state index contributed by atoms with van der Waals surface area (Å²) in [6.07, 6.45) is 11.1. The monoisotopic (exact) mass is 656 g/mol. The maximum absolute atomic E-state index is 12.1. The minimum Gasteiger partial charge on any atom is -0.393 e. The first-order valence-corrected chi connectivity index (χ1v) is 19.5. The van der Waals surface area contributed by atoms with Crippen LogP contribution in [0.3, 0.4) is 0 Å². The van der Waals surface area contributed by atoms with Gasteiger partial charge in [-0.25, -0.2) is 0 Å². The molecule has 48 heavy (non-hydrogen) atoms. The first-order chi connectivity index (χ1) is 23.0. The molecular formula is C42H60N2O4. The van der Waals surface area contributed by atoms with E-state index in [1.54, 1.807) is 0 Å². The van der Waals surface area contributed by atoms with Gasteiger partial charge in [-0.15, -0.1) is 6.58 Å². The number of piperidine rings is 3. The number of rotatable bonds is 7. The molecule has 4 aliphatic carbocycles. The zero-order chi connectivity index (χ0) is 33.5. The second-order valence-corrected chi connectivity index (χ2v) is 18.0. The van der Waals surface area contributed by atoms with Crippen LogP contribution < -0.4 is 0 Å². The first kappa shape index (κ1) is 33.3. The van der Waals surface area contributed by atoms with Gasteiger partial charge in [0.25, 0.3) is 0 Å². The molecule has 3 saturated heterocycles. The lowest BCUT2D eigenvalue weighted by molar-refractivity contribution is -0.207. The number of pyridine rings is 1. The van der Waals surface area contributed by atoms with Crippen molar-refractivity contribution >= 4 is 10.9 Å². The van der Waals surface area contributed by atoms with Crippen molar-refractivity contribution in [2.45, 2.75) is 122 Å². The van der Waals surface area contributed by atoms with Crippen molar-refractivity contribution in [2.75, 3.05) is 13.1 Å². The van der Waals surface area contributed by atoms with Gasteiger partial charge in [0, 0.05) is 23.7 Å². The number of hydrogen-bond donors (Lipinski definition) is 4. The Morgan fingerprint density at radius 3 is 2.60 bits per heavy atom. The van der Waals surface area contributed by atoms with Crippen LogP contribution in [0.4, 0.5) is 0 Å². The summed E-state index contributed by atoms with van der Waals surface area (Å²) in [6, 6.07) is 10.6. The average Bonchev–Trinajstić information content (AvgIpc) is 3.46. The smallest absolute Gasteiger partial charge is 0.0952 e. The molecule has 2 aromatic rings. The Morgan fingerprint density at radius 2 is 1.83 bits per heavy atom. The molecular weight excluding hydrogens is 596 g/mol. The summed E-state index contributed by atoms with van der Waals surface area (Å²) in [7, 11) is 0. The molecule has 7 fully saturated rings. The third-order valence-corrected chi connectivity index (χ3v) is 16.0. The Labute approximate surface area is 288 Å². The quantitative estimate of drug-likeness (QED) is 0.248. The van der Waals surface area contributed by atoms with Crippen LogP contribution in [0.15, 0.2) is 43.0 Å². The van der Waals surface area contributed by atoms with Gasteiger partial charge in [0.2, 0.25) is 0 Å². The van der Waals surface area contributed by atoms with Crippen LogP contribution >= 0.6 is 0 Å². The van der Waals surface area contributed by atoms with Crippen LogP contribution in [0.25, 0.3) is 10.9 Å². The van der Waals surface area contributed by atoms with Crippen LogP contribution in [0.1, 0.15) is 102 Å². The van der Waals surface area contributed by atoms with Crippen LogP contribution in [-0.2, 0) is 6.42 Å². The SMILES string of the molecule is C=C[C@H]1CN2CC[C@H]1C[C@H]2[C@H](O)c1cc(CC[C@@H](C)[C@H]2CC[C@H]3[C@@H]4[C@H](O)C[C@@H]5C[C@H](O)CC[C@]5(C)[C@H]4C[C@H](O)[C@]23C)nc2ccccc12. The topological polar surface area (TPSA) is 97.1 Å². The van der Waals surface area contributed by atoms with Crippen LogP contribution in [0.2, 0.25) is 0 Å². The Morgan fingerprint density at radius 1 is 1.02 bits per heavy atom. The highest BCUT2D eigenvalue weighted by Gasteiger charge is 2.65. The van der Waals surface area contributed by atoms with E-state index in [1.165, 1.54) is 6.42 Å². The number of aliphatic hydroxyl groups is 4. The summed E-state index contributed by atoms with van der Waals surface area (Å²) in [5.74, 6) is 3.20. The summed E-state index contributed by atoms with van der Waals surface area (Å²) in [4.78, 5) is 7.62. The number of benzene rings is 1. The van der Waals surface area contributed by atoms with E-state index in [2.05, 4.69) is 62.6 Å². The van der Waals surface area contributed by atoms with Crippen LogP contribution in [0.5, 0.6) is 0 Å². The van der Waals surface area contributed by atoms with Crippen molar-refractivity contribution < 1.29 is 20.4 Å². The summed E-state index contributed by atoms with van der Waals surface area (Å²) >= 11 is 0. The number of fused-ring (bicyclic) bond motifs is 9. The summed E-state index contributed by atoms with van der Waals surface area (Å²) in [6.45, 7) is 13.3. The van der Waals surface area contributed by atoms with E-state index < -0.39 is 6.10 Å². The van der Waals surface area contributed by atoms with Crippen LogP contribution in [0, 0.1) is 58.2 Å². The van der Waals surface area contributed by atoms with Crippen molar-refractivity contribution in [3.05, 3.63) is 54.2 Å². The zero-order valence-corrected chi connectivity index (χ0v) is 29.6. The lowest BCUT2D eigenvalue weighted by Crippen LogP contribution is -2.62. The zero-order valence-electron chi connectivity index (χ0n) is 29.6. The highest BCUT2D eigenvalue weighted by Crippen LogP contribution is 2.68. The Hall–Kier alpha value is -1.83. The molecule has 1 aromatic carbocycles. The largest absolute Gasteiger partial charge is 0.393 e. The second kappa shape index (κ2) is 12.4. The Bertz CT molecular complexity index is 1510. The lowest BCUT2D eigenvalue weighted by Gasteiger charge is -2.63. The summed E-state index contributed by atoms with van der Waals surface area (Å²) in [5.41, 5.74) is 2.94. The normalized spacial score (nSPS) is 46.4. The van der Waals surface area contributed by atoms with E-state index in [9.17, 15) is 20.4 Å². The van der Waals surface area contributed by atoms with Crippen molar-refractivity contribution in [3.8, 4) is 0 Å². The highest BCUT2D eigenvalue weighted by atomic mass is 16.3. The summed E-state index contributed by atoms with van der Waals surface area (Å²) in [5, 5.41) is 47.2. The van der Waals surface area contributed by atoms with Gasteiger partial charge in [0.1, 0.15) is 0 Å². The van der Waals surface area contributed by atoms with Gasteiger partial charge in [-0.05, 0) is 153 Å². The third-order valence-electron chi connectivity index (χ3n) is 16.0. The molecule has 4 N–H and O–H groups in total. The molecule has 0 spiro atoms. The van der Waals surface area contributed by atoms with E-state index in [0.29, 0.717) is 41.4 Å². The highest BCUT2D eigenvalue weighted by molar-refractivity contribution is 5.82. The number of aliphatic hydroxyl groups excluding tert-OH is 4. The number of para-hydroxylation sites is 1. The van der Waals surface area contributed by atoms with Gasteiger partial charge >= 0.3 is 0 Å². The van der Waals surface area contributed by atoms with Crippen molar-refractivity contribution in [3.63, 3.8) is 0 Å². The van der Waals surface area contributed by atoms with Gasteiger partial charge in [0.05, 0.1) is 29.9 Å². The standard InChI is InChI=1S/C42H60N2O4/c1-5-25-23-44-17-15-26(25)18-36(44)40(48)31-21-28(43-35-9-7-6-8-30(31)35)11-10-24(2)32-12-13-33-39-34(22-38(47)42(32,33)4)41(3)16-14-29(45)19-27(41)20-37(39)46/h5-9,21,24-27,29,32-34,36-40,45-48H,1,10-20,22-23H2,2-4H3/t24-,25+,26+,27+,29-,32-,33+,34+,36+,37-,38+,39+,40-,41+,42-/m1/s1. The van der Waals surface area contributed by atoms with Gasteiger partial charge < -0.3 is 20.4 Å². The lowest BCUT2D eigenvalue weighted by atomic mass is 9.43. The Balaban J connectivity index is 1.00. The molecule has 262 valence electrons. The number of aromatic nitrogens is 1. The third kappa shape index (κ3) is 5.17. The average molecular weight is 657 g/mol. The van der Waals surface area contributed by atoms with E-state index >= 15 is 0 Å². The molecule has 2 bridgehead atoms. The summed E-state index contributed by atoms with van der Waals surface area (Å²) < 4.78 is 0. The second-order valence-electron chi connectivity index (χ2n) is 18.0. The molecule has 0 radical (unpaired) electrons. The van der Waals surface area contributed by atoms with Gasteiger partial charge in [0.15, 0.2) is 0 Å². The first-order valence-electron chi connectivity index (χ1n) is 19.5. The number of nitrogens with zero attached hydrogens (tertiary/aromatic N) is 2. The van der Waals surface area contributed by atoms with Gasteiger partial charge in [-0.2, -0.15) is 0 Å². The van der Waals surface area contributed by atoms with Crippen molar-refractivity contribution in [1.82, 2.24) is 9.88 Å². The number of hydrogen-bond acceptors (Lipinski definition) is 6. The fraction of sp³-hybridized carbons (Fsp3) is 0.738. The molecule has 4 saturated carbocycles.